The molecule has 0 radical (unpaired) electrons. The molecule has 0 heterocycles. The number of hydrogen-bond acceptors (Lipinski definition) is 3. The van der Waals surface area contributed by atoms with Crippen LogP contribution in [0.5, 0.6) is 5.75 Å². The fraction of sp³-hybridized carbons (Fsp3) is 0.538. The third-order valence-electron chi connectivity index (χ3n) is 2.80. The molecular weight excluding hydrogens is 282 g/mol. The normalized spacial score (nSPS) is 12.8. The Hall–Kier alpha value is -0.580. The molecule has 0 aliphatic carbocycles. The van der Waals surface area contributed by atoms with Crippen LogP contribution < -0.4 is 10.1 Å². The first kappa shape index (κ1) is 14.5. The molecule has 0 saturated heterocycles. The first-order valence-electron chi connectivity index (χ1n) is 5.75. The molecule has 1 rings (SSSR count). The van der Waals surface area contributed by atoms with E-state index in [1.54, 1.807) is 7.11 Å². The molecule has 1 aromatic rings. The van der Waals surface area contributed by atoms with Crippen LogP contribution in [0, 0.1) is 5.92 Å². The molecule has 0 amide bonds. The van der Waals surface area contributed by atoms with Crippen molar-refractivity contribution in [1.82, 2.24) is 5.32 Å². The Morgan fingerprint density at radius 1 is 1.41 bits per heavy atom. The lowest BCUT2D eigenvalue weighted by Crippen LogP contribution is -2.36. The van der Waals surface area contributed by atoms with E-state index in [4.69, 9.17) is 4.74 Å². The molecular formula is C13H20BrNO2. The molecule has 3 nitrogen and oxygen atoms in total. The van der Waals surface area contributed by atoms with Crippen LogP contribution in [-0.4, -0.2) is 24.9 Å². The molecule has 17 heavy (non-hydrogen) atoms. The van der Waals surface area contributed by atoms with Gasteiger partial charge in [0, 0.05) is 22.6 Å². The van der Waals surface area contributed by atoms with Gasteiger partial charge in [-0.15, -0.1) is 0 Å². The fourth-order valence-electron chi connectivity index (χ4n) is 1.64. The number of rotatable bonds is 6. The fourth-order valence-corrected chi connectivity index (χ4v) is 2.05. The zero-order chi connectivity index (χ0) is 12.8. The second-order valence-electron chi connectivity index (χ2n) is 4.37. The number of methoxy groups -OCH3 is 1. The van der Waals surface area contributed by atoms with Gasteiger partial charge in [0.2, 0.25) is 0 Å². The average Bonchev–Trinajstić information content (AvgIpc) is 2.29. The number of ether oxygens (including phenoxy) is 1. The predicted octanol–water partition coefficient (Wildman–Crippen LogP) is 2.56. The van der Waals surface area contributed by atoms with Crippen LogP contribution in [0.25, 0.3) is 0 Å². The van der Waals surface area contributed by atoms with Gasteiger partial charge >= 0.3 is 0 Å². The minimum atomic E-state index is 0.110. The molecule has 1 aromatic carbocycles. The Morgan fingerprint density at radius 2 is 2.12 bits per heavy atom. The van der Waals surface area contributed by atoms with Crippen molar-refractivity contribution in [2.45, 2.75) is 26.4 Å². The van der Waals surface area contributed by atoms with Gasteiger partial charge in [-0.25, -0.2) is 0 Å². The van der Waals surface area contributed by atoms with E-state index in [0.29, 0.717) is 12.5 Å². The predicted molar refractivity (Wildman–Crippen MR) is 73.2 cm³/mol. The van der Waals surface area contributed by atoms with E-state index >= 15 is 0 Å². The smallest absolute Gasteiger partial charge is 0.123 e. The highest BCUT2D eigenvalue weighted by molar-refractivity contribution is 9.10. The quantitative estimate of drug-likeness (QED) is 0.848. The van der Waals surface area contributed by atoms with Crippen LogP contribution in [0.4, 0.5) is 0 Å². The van der Waals surface area contributed by atoms with Crippen molar-refractivity contribution < 1.29 is 9.84 Å². The van der Waals surface area contributed by atoms with Crippen molar-refractivity contribution in [1.29, 1.82) is 0 Å². The molecule has 0 unspecified atom stereocenters. The Balaban J connectivity index is 2.70. The maximum atomic E-state index is 9.25. The van der Waals surface area contributed by atoms with Crippen molar-refractivity contribution in [2.24, 2.45) is 5.92 Å². The standard InChI is InChI=1S/C13H20BrNO2/c1-9(2)12(8-16)15-7-10-6-11(14)4-5-13(10)17-3/h4-6,9,12,15-16H,7-8H2,1-3H3/t12-/m1/s1. The van der Waals surface area contributed by atoms with Crippen LogP contribution in [0.1, 0.15) is 19.4 Å². The van der Waals surface area contributed by atoms with Crippen LogP contribution in [0.15, 0.2) is 22.7 Å². The molecule has 96 valence electrons. The SMILES string of the molecule is COc1ccc(Br)cc1CN[C@H](CO)C(C)C. The summed E-state index contributed by atoms with van der Waals surface area (Å²) in [7, 11) is 1.67. The Kier molecular flexibility index (Phi) is 5.95. The molecule has 1 atom stereocenters. The summed E-state index contributed by atoms with van der Waals surface area (Å²) < 4.78 is 6.33. The largest absolute Gasteiger partial charge is 0.496 e. The van der Waals surface area contributed by atoms with Crippen LogP contribution >= 0.6 is 15.9 Å². The van der Waals surface area contributed by atoms with E-state index in [2.05, 4.69) is 35.1 Å². The molecule has 0 bridgehead atoms. The Bertz CT molecular complexity index is 355. The van der Waals surface area contributed by atoms with Crippen LogP contribution in [-0.2, 0) is 6.54 Å². The molecule has 0 saturated carbocycles. The Labute approximate surface area is 111 Å². The Morgan fingerprint density at radius 3 is 2.65 bits per heavy atom. The van der Waals surface area contributed by atoms with Gasteiger partial charge in [-0.2, -0.15) is 0 Å². The van der Waals surface area contributed by atoms with E-state index in [1.165, 1.54) is 0 Å². The monoisotopic (exact) mass is 301 g/mol. The van der Waals surface area contributed by atoms with Gasteiger partial charge in [-0.3, -0.25) is 0 Å². The topological polar surface area (TPSA) is 41.5 Å². The minimum absolute atomic E-state index is 0.110. The van der Waals surface area contributed by atoms with Crippen molar-refractivity contribution in [3.63, 3.8) is 0 Å². The maximum Gasteiger partial charge on any atom is 0.123 e. The zero-order valence-corrected chi connectivity index (χ0v) is 12.1. The lowest BCUT2D eigenvalue weighted by atomic mass is 10.0. The van der Waals surface area contributed by atoms with Gasteiger partial charge < -0.3 is 15.2 Å². The van der Waals surface area contributed by atoms with E-state index in [1.807, 2.05) is 18.2 Å². The van der Waals surface area contributed by atoms with Gasteiger partial charge in [0.25, 0.3) is 0 Å². The molecule has 0 spiro atoms. The van der Waals surface area contributed by atoms with Gasteiger partial charge in [0.05, 0.1) is 13.7 Å². The first-order valence-corrected chi connectivity index (χ1v) is 6.54. The highest BCUT2D eigenvalue weighted by Crippen LogP contribution is 2.23. The molecule has 4 heteroatoms. The third-order valence-corrected chi connectivity index (χ3v) is 3.29. The lowest BCUT2D eigenvalue weighted by molar-refractivity contribution is 0.209. The van der Waals surface area contributed by atoms with Crippen molar-refractivity contribution in [3.8, 4) is 5.75 Å². The second-order valence-corrected chi connectivity index (χ2v) is 5.29. The average molecular weight is 302 g/mol. The van der Waals surface area contributed by atoms with E-state index in [0.717, 1.165) is 15.8 Å². The first-order chi connectivity index (χ1) is 8.08. The number of aliphatic hydroxyl groups excluding tert-OH is 1. The van der Waals surface area contributed by atoms with Crippen molar-refractivity contribution >= 4 is 15.9 Å². The van der Waals surface area contributed by atoms with E-state index in [9.17, 15) is 5.11 Å². The summed E-state index contributed by atoms with van der Waals surface area (Å²) in [6.45, 7) is 5.01. The van der Waals surface area contributed by atoms with Crippen LogP contribution in [0.3, 0.4) is 0 Å². The summed E-state index contributed by atoms with van der Waals surface area (Å²) in [5, 5.41) is 12.6. The third kappa shape index (κ3) is 4.30. The maximum absolute atomic E-state index is 9.25. The number of halogens is 1. The lowest BCUT2D eigenvalue weighted by Gasteiger charge is -2.20. The van der Waals surface area contributed by atoms with Gasteiger partial charge in [-0.1, -0.05) is 29.8 Å². The van der Waals surface area contributed by atoms with E-state index in [-0.39, 0.29) is 12.6 Å². The van der Waals surface area contributed by atoms with Crippen molar-refractivity contribution in [2.75, 3.05) is 13.7 Å². The summed E-state index contributed by atoms with van der Waals surface area (Å²) in [6.07, 6.45) is 0. The summed E-state index contributed by atoms with van der Waals surface area (Å²) in [5.74, 6) is 1.26. The van der Waals surface area contributed by atoms with Crippen LogP contribution in [0.2, 0.25) is 0 Å². The summed E-state index contributed by atoms with van der Waals surface area (Å²) in [5.41, 5.74) is 1.08. The molecule has 0 aliphatic rings. The molecule has 0 aliphatic heterocycles. The second kappa shape index (κ2) is 6.99. The number of aliphatic hydroxyl groups is 1. The zero-order valence-electron chi connectivity index (χ0n) is 10.5. The molecule has 0 fully saturated rings. The number of hydrogen-bond donors (Lipinski definition) is 2. The summed E-state index contributed by atoms with van der Waals surface area (Å²) in [6, 6.07) is 6.03. The highest BCUT2D eigenvalue weighted by atomic mass is 79.9. The molecule has 0 aromatic heterocycles. The number of benzene rings is 1. The minimum Gasteiger partial charge on any atom is -0.496 e. The van der Waals surface area contributed by atoms with Gasteiger partial charge in [0.1, 0.15) is 5.75 Å². The van der Waals surface area contributed by atoms with Gasteiger partial charge in [0.15, 0.2) is 0 Å². The molecule has 2 N–H and O–H groups in total. The summed E-state index contributed by atoms with van der Waals surface area (Å²) >= 11 is 3.45. The number of nitrogens with one attached hydrogen (secondary N) is 1. The highest BCUT2D eigenvalue weighted by Gasteiger charge is 2.12. The van der Waals surface area contributed by atoms with E-state index < -0.39 is 0 Å². The van der Waals surface area contributed by atoms with Crippen molar-refractivity contribution in [3.05, 3.63) is 28.2 Å². The van der Waals surface area contributed by atoms with Gasteiger partial charge in [-0.05, 0) is 24.1 Å². The summed E-state index contributed by atoms with van der Waals surface area (Å²) in [4.78, 5) is 0.